The van der Waals surface area contributed by atoms with Crippen molar-refractivity contribution in [3.05, 3.63) is 116 Å². The number of nitrogens with one attached hydrogen (secondary N) is 3. The van der Waals surface area contributed by atoms with Crippen LogP contribution in [0.5, 0.6) is 0 Å². The number of thioether (sulfide) groups is 1. The molecule has 3 N–H and O–H groups in total. The van der Waals surface area contributed by atoms with Gasteiger partial charge in [-0.25, -0.2) is 4.79 Å². The Morgan fingerprint density at radius 2 is 1.67 bits per heavy atom. The second-order valence-corrected chi connectivity index (χ2v) is 16.8. The van der Waals surface area contributed by atoms with Crippen LogP contribution in [0.1, 0.15) is 77.8 Å². The molecule has 272 valence electrons. The van der Waals surface area contributed by atoms with Crippen LogP contribution in [0, 0.1) is 11.3 Å². The predicted molar refractivity (Wildman–Crippen MR) is 213 cm³/mol. The summed E-state index contributed by atoms with van der Waals surface area (Å²) in [5, 5.41) is 9.15. The van der Waals surface area contributed by atoms with E-state index in [-0.39, 0.29) is 23.6 Å². The summed E-state index contributed by atoms with van der Waals surface area (Å²) in [6, 6.07) is 20.5. The maximum absolute atomic E-state index is 13.7. The standard InChI is InChI=1S/C40H41Cl2N3O5S2/c1-6-50-39(49)34-28-19-18-25(40(3,4)5)20-33(28)52-38(34)45-35(46)23(2)51-27-15-10-14-26(21-27)43-37(48)32(22-29-30(41)16-11-17-31(29)42)44-36(47)24-12-8-7-9-13-24/h7-17,21-23,25H,6,18-20H2,1-5H3,(H,43,48)(H,44,47)(H,45,46)/b32-22+. The van der Waals surface area contributed by atoms with E-state index in [2.05, 4.69) is 36.7 Å². The number of hydrogen-bond donors (Lipinski definition) is 3. The summed E-state index contributed by atoms with van der Waals surface area (Å²) in [6.45, 7) is 10.5. The maximum atomic E-state index is 13.7. The number of amides is 3. The van der Waals surface area contributed by atoms with Crippen molar-refractivity contribution in [2.75, 3.05) is 17.2 Å². The van der Waals surface area contributed by atoms with Crippen molar-refractivity contribution in [2.24, 2.45) is 11.3 Å². The molecule has 1 aliphatic carbocycles. The minimum Gasteiger partial charge on any atom is -0.462 e. The average molecular weight is 779 g/mol. The molecule has 0 saturated carbocycles. The van der Waals surface area contributed by atoms with E-state index in [1.54, 1.807) is 80.6 Å². The number of anilines is 2. The number of hydrogen-bond acceptors (Lipinski definition) is 7. The van der Waals surface area contributed by atoms with Crippen molar-refractivity contribution in [1.82, 2.24) is 5.32 Å². The van der Waals surface area contributed by atoms with Gasteiger partial charge < -0.3 is 20.7 Å². The van der Waals surface area contributed by atoms with Crippen molar-refractivity contribution >= 4 is 86.8 Å². The molecule has 0 aliphatic heterocycles. The van der Waals surface area contributed by atoms with Crippen molar-refractivity contribution < 1.29 is 23.9 Å². The normalized spacial score (nSPS) is 14.9. The number of rotatable bonds is 11. The molecule has 12 heteroatoms. The molecule has 4 aromatic rings. The molecule has 2 unspecified atom stereocenters. The Hall–Kier alpha value is -4.09. The summed E-state index contributed by atoms with van der Waals surface area (Å²) >= 11 is 15.6. The number of carbonyl (C=O) groups excluding carboxylic acids is 4. The van der Waals surface area contributed by atoms with Crippen molar-refractivity contribution in [2.45, 2.75) is 64.0 Å². The van der Waals surface area contributed by atoms with Crippen molar-refractivity contribution in [1.29, 1.82) is 0 Å². The van der Waals surface area contributed by atoms with E-state index in [4.69, 9.17) is 27.9 Å². The van der Waals surface area contributed by atoms with Crippen molar-refractivity contribution in [3.8, 4) is 0 Å². The molecular weight excluding hydrogens is 737 g/mol. The highest BCUT2D eigenvalue weighted by Gasteiger charge is 2.35. The Bertz CT molecular complexity index is 1990. The number of fused-ring (bicyclic) bond motifs is 1. The van der Waals surface area contributed by atoms with Gasteiger partial charge in [0.2, 0.25) is 5.91 Å². The number of halogens is 2. The van der Waals surface area contributed by atoms with Crippen LogP contribution in [0.25, 0.3) is 6.08 Å². The third-order valence-corrected chi connectivity index (χ3v) is 11.7. The molecule has 0 fully saturated rings. The lowest BCUT2D eigenvalue weighted by atomic mass is 9.72. The molecule has 1 heterocycles. The molecule has 1 aromatic heterocycles. The Morgan fingerprint density at radius 1 is 0.981 bits per heavy atom. The lowest BCUT2D eigenvalue weighted by Crippen LogP contribution is -2.30. The average Bonchev–Trinajstić information content (AvgIpc) is 3.46. The SMILES string of the molecule is CCOC(=O)c1c(NC(=O)C(C)Sc2cccc(NC(=O)/C(=C\c3c(Cl)cccc3Cl)NC(=O)c3ccccc3)c2)sc2c1CCC(C(C)(C)C)C2. The molecule has 3 amide bonds. The van der Waals surface area contributed by atoms with E-state index < -0.39 is 23.0 Å². The number of esters is 1. The summed E-state index contributed by atoms with van der Waals surface area (Å²) in [5.74, 6) is -1.30. The number of thiophene rings is 1. The zero-order valence-corrected chi connectivity index (χ0v) is 32.7. The molecule has 3 aromatic carbocycles. The molecular formula is C40H41Cl2N3O5S2. The summed E-state index contributed by atoms with van der Waals surface area (Å²) < 4.78 is 5.41. The van der Waals surface area contributed by atoms with Gasteiger partial charge >= 0.3 is 5.97 Å². The summed E-state index contributed by atoms with van der Waals surface area (Å²) in [6.07, 6.45) is 4.02. The number of benzene rings is 3. The second-order valence-electron chi connectivity index (χ2n) is 13.5. The van der Waals surface area contributed by atoms with Gasteiger partial charge in [-0.1, -0.05) is 74.3 Å². The van der Waals surface area contributed by atoms with Gasteiger partial charge in [-0.3, -0.25) is 14.4 Å². The third kappa shape index (κ3) is 9.66. The molecule has 5 rings (SSSR count). The van der Waals surface area contributed by atoms with Gasteiger partial charge in [-0.05, 0) is 98.5 Å². The molecule has 0 spiro atoms. The quantitative estimate of drug-likeness (QED) is 0.0794. The molecule has 2 atom stereocenters. The van der Waals surface area contributed by atoms with Crippen LogP contribution in [0.2, 0.25) is 10.0 Å². The Balaban J connectivity index is 1.32. The van der Waals surface area contributed by atoms with E-state index in [1.165, 1.54) is 29.2 Å². The smallest absolute Gasteiger partial charge is 0.341 e. The number of ether oxygens (including phenoxy) is 1. The van der Waals surface area contributed by atoms with Crippen LogP contribution >= 0.6 is 46.3 Å². The number of carbonyl (C=O) groups is 4. The lowest BCUT2D eigenvalue weighted by Gasteiger charge is -2.33. The van der Waals surface area contributed by atoms with Gasteiger partial charge in [0.05, 0.1) is 17.4 Å². The van der Waals surface area contributed by atoms with E-state index >= 15 is 0 Å². The first-order valence-electron chi connectivity index (χ1n) is 17.0. The van der Waals surface area contributed by atoms with Crippen LogP contribution in [-0.4, -0.2) is 35.5 Å². The minimum atomic E-state index is -0.602. The van der Waals surface area contributed by atoms with Gasteiger partial charge in [-0.15, -0.1) is 23.1 Å². The Morgan fingerprint density at radius 3 is 2.35 bits per heavy atom. The Labute approximate surface area is 322 Å². The highest BCUT2D eigenvalue weighted by molar-refractivity contribution is 8.00. The first-order chi connectivity index (χ1) is 24.7. The zero-order valence-electron chi connectivity index (χ0n) is 29.6. The minimum absolute atomic E-state index is 0.0699. The monoisotopic (exact) mass is 777 g/mol. The predicted octanol–water partition coefficient (Wildman–Crippen LogP) is 9.91. The van der Waals surface area contributed by atoms with Crippen LogP contribution in [0.15, 0.2) is 83.4 Å². The molecule has 8 nitrogen and oxygen atoms in total. The fourth-order valence-corrected chi connectivity index (χ4v) is 8.64. The first-order valence-corrected chi connectivity index (χ1v) is 19.4. The van der Waals surface area contributed by atoms with Crippen LogP contribution in [0.4, 0.5) is 10.7 Å². The lowest BCUT2D eigenvalue weighted by molar-refractivity contribution is -0.115. The molecule has 1 aliphatic rings. The van der Waals surface area contributed by atoms with E-state index in [0.717, 1.165) is 34.6 Å². The third-order valence-electron chi connectivity index (χ3n) is 8.80. The fraction of sp³-hybridized carbons (Fsp3) is 0.300. The zero-order chi connectivity index (χ0) is 37.6. The first kappa shape index (κ1) is 39.1. The molecule has 0 saturated heterocycles. The van der Waals surface area contributed by atoms with Crippen LogP contribution in [-0.2, 0) is 27.2 Å². The summed E-state index contributed by atoms with van der Waals surface area (Å²) in [4.78, 5) is 55.3. The fourth-order valence-electron chi connectivity index (χ4n) is 5.88. The Kier molecular flexibility index (Phi) is 12.9. The summed E-state index contributed by atoms with van der Waals surface area (Å²) in [5.41, 5.74) is 2.68. The van der Waals surface area contributed by atoms with E-state index in [0.29, 0.717) is 43.3 Å². The van der Waals surface area contributed by atoms with Gasteiger partial charge in [-0.2, -0.15) is 0 Å². The topological polar surface area (TPSA) is 114 Å². The van der Waals surface area contributed by atoms with Crippen LogP contribution in [0.3, 0.4) is 0 Å². The van der Waals surface area contributed by atoms with Gasteiger partial charge in [0.25, 0.3) is 11.8 Å². The highest BCUT2D eigenvalue weighted by Crippen LogP contribution is 2.45. The molecule has 0 bridgehead atoms. The van der Waals surface area contributed by atoms with Crippen molar-refractivity contribution in [3.63, 3.8) is 0 Å². The summed E-state index contributed by atoms with van der Waals surface area (Å²) in [7, 11) is 0. The second kappa shape index (κ2) is 17.2. The van der Waals surface area contributed by atoms with E-state index in [1.807, 2.05) is 6.07 Å². The van der Waals surface area contributed by atoms with E-state index in [9.17, 15) is 19.2 Å². The largest absolute Gasteiger partial charge is 0.462 e. The van der Waals surface area contributed by atoms with Gasteiger partial charge in [0.15, 0.2) is 0 Å². The van der Waals surface area contributed by atoms with Crippen LogP contribution < -0.4 is 16.0 Å². The highest BCUT2D eigenvalue weighted by atomic mass is 35.5. The molecule has 52 heavy (non-hydrogen) atoms. The molecule has 0 radical (unpaired) electrons. The van der Waals surface area contributed by atoms with Gasteiger partial charge in [0.1, 0.15) is 10.7 Å². The maximum Gasteiger partial charge on any atom is 0.341 e. The van der Waals surface area contributed by atoms with Gasteiger partial charge in [0, 0.05) is 36.6 Å².